The average Bonchev–Trinajstić information content (AvgIpc) is 2.35. The molecule has 3 N–H and O–H groups in total. The predicted molar refractivity (Wildman–Crippen MR) is 70.8 cm³/mol. The normalized spacial score (nSPS) is 16.5. The Morgan fingerprint density at radius 3 is 2.89 bits per heavy atom. The molecule has 5 heteroatoms. The number of carbonyl (C=O) groups excluding carboxylic acids is 1. The van der Waals surface area contributed by atoms with Crippen LogP contribution in [-0.4, -0.2) is 48.6 Å². The summed E-state index contributed by atoms with van der Waals surface area (Å²) in [7, 11) is 0. The summed E-state index contributed by atoms with van der Waals surface area (Å²) in [6.45, 7) is 5.90. The van der Waals surface area contributed by atoms with Crippen molar-refractivity contribution in [3.63, 3.8) is 0 Å². The highest BCUT2D eigenvalue weighted by atomic mass is 16.3. The third kappa shape index (κ3) is 3.45. The van der Waals surface area contributed by atoms with E-state index in [0.717, 1.165) is 31.7 Å². The van der Waals surface area contributed by atoms with Crippen LogP contribution in [0, 0.1) is 6.92 Å². The number of phenols is 1. The Hall–Kier alpha value is -1.59. The largest absolute Gasteiger partial charge is 0.506 e. The second-order valence-electron chi connectivity index (χ2n) is 4.59. The number of nitrogens with zero attached hydrogens (tertiary/aromatic N) is 1. The number of hydrogen-bond donors (Lipinski definition) is 3. The summed E-state index contributed by atoms with van der Waals surface area (Å²) in [6, 6.07) is 5.17. The molecule has 1 fully saturated rings. The summed E-state index contributed by atoms with van der Waals surface area (Å²) in [5, 5.41) is 15.6. The lowest BCUT2D eigenvalue weighted by molar-refractivity contribution is -0.117. The summed E-state index contributed by atoms with van der Waals surface area (Å²) < 4.78 is 0. The molecule has 0 atom stereocenters. The molecule has 1 amide bonds. The Kier molecular flexibility index (Phi) is 4.17. The highest BCUT2D eigenvalue weighted by molar-refractivity contribution is 5.93. The number of carbonyl (C=O) groups is 1. The van der Waals surface area contributed by atoms with E-state index in [0.29, 0.717) is 12.2 Å². The maximum Gasteiger partial charge on any atom is 0.238 e. The summed E-state index contributed by atoms with van der Waals surface area (Å²) in [6.07, 6.45) is 0. The molecule has 18 heavy (non-hydrogen) atoms. The lowest BCUT2D eigenvalue weighted by atomic mass is 10.2. The van der Waals surface area contributed by atoms with Crippen molar-refractivity contribution in [3.05, 3.63) is 23.8 Å². The number of piperazine rings is 1. The first-order valence-corrected chi connectivity index (χ1v) is 6.18. The molecule has 5 nitrogen and oxygen atoms in total. The Morgan fingerprint density at radius 1 is 1.44 bits per heavy atom. The van der Waals surface area contributed by atoms with Gasteiger partial charge in [-0.05, 0) is 24.6 Å². The minimum atomic E-state index is -0.0854. The molecule has 1 saturated heterocycles. The van der Waals surface area contributed by atoms with Gasteiger partial charge in [-0.15, -0.1) is 0 Å². The van der Waals surface area contributed by atoms with Gasteiger partial charge in [0.15, 0.2) is 0 Å². The van der Waals surface area contributed by atoms with E-state index in [1.807, 2.05) is 6.92 Å². The van der Waals surface area contributed by atoms with Crippen molar-refractivity contribution in [2.45, 2.75) is 6.92 Å². The second-order valence-corrected chi connectivity index (χ2v) is 4.59. The van der Waals surface area contributed by atoms with Gasteiger partial charge in [0.25, 0.3) is 0 Å². The Bertz CT molecular complexity index is 428. The number of aryl methyl sites for hydroxylation is 1. The SMILES string of the molecule is Cc1ccc(O)c(NC(=O)CN2CCNCC2)c1. The second kappa shape index (κ2) is 5.84. The molecule has 0 radical (unpaired) electrons. The molecule has 0 bridgehead atoms. The minimum Gasteiger partial charge on any atom is -0.506 e. The average molecular weight is 249 g/mol. The van der Waals surface area contributed by atoms with Gasteiger partial charge in [-0.1, -0.05) is 6.07 Å². The smallest absolute Gasteiger partial charge is 0.238 e. The van der Waals surface area contributed by atoms with Crippen molar-refractivity contribution < 1.29 is 9.90 Å². The van der Waals surface area contributed by atoms with Crippen LogP contribution in [0.1, 0.15) is 5.56 Å². The number of aromatic hydroxyl groups is 1. The Balaban J connectivity index is 1.92. The van der Waals surface area contributed by atoms with E-state index < -0.39 is 0 Å². The monoisotopic (exact) mass is 249 g/mol. The number of hydrogen-bond acceptors (Lipinski definition) is 4. The van der Waals surface area contributed by atoms with Gasteiger partial charge < -0.3 is 15.7 Å². The van der Waals surface area contributed by atoms with Gasteiger partial charge in [-0.2, -0.15) is 0 Å². The quantitative estimate of drug-likeness (QED) is 0.684. The summed E-state index contributed by atoms with van der Waals surface area (Å²) in [5.74, 6) is 0.0204. The van der Waals surface area contributed by atoms with Crippen LogP contribution < -0.4 is 10.6 Å². The van der Waals surface area contributed by atoms with E-state index in [-0.39, 0.29) is 11.7 Å². The molecule has 98 valence electrons. The topological polar surface area (TPSA) is 64.6 Å². The van der Waals surface area contributed by atoms with E-state index in [1.54, 1.807) is 18.2 Å². The number of benzene rings is 1. The van der Waals surface area contributed by atoms with Gasteiger partial charge >= 0.3 is 0 Å². The lowest BCUT2D eigenvalue weighted by Crippen LogP contribution is -2.46. The minimum absolute atomic E-state index is 0.0854. The molecule has 0 aromatic heterocycles. The van der Waals surface area contributed by atoms with Crippen LogP contribution in [-0.2, 0) is 4.79 Å². The van der Waals surface area contributed by atoms with Crippen molar-refractivity contribution in [2.24, 2.45) is 0 Å². The van der Waals surface area contributed by atoms with Crippen molar-refractivity contribution >= 4 is 11.6 Å². The maximum atomic E-state index is 11.9. The first kappa shape index (κ1) is 12.9. The van der Waals surface area contributed by atoms with Crippen molar-refractivity contribution in [1.29, 1.82) is 0 Å². The summed E-state index contributed by atoms with van der Waals surface area (Å²) >= 11 is 0. The van der Waals surface area contributed by atoms with Gasteiger partial charge in [-0.3, -0.25) is 9.69 Å². The fraction of sp³-hybridized carbons (Fsp3) is 0.462. The van der Waals surface area contributed by atoms with Crippen LogP contribution in [0.3, 0.4) is 0 Å². The first-order valence-electron chi connectivity index (χ1n) is 6.18. The molecule has 1 aliphatic heterocycles. The highest BCUT2D eigenvalue weighted by Crippen LogP contribution is 2.23. The Labute approximate surface area is 107 Å². The van der Waals surface area contributed by atoms with Gasteiger partial charge in [0.05, 0.1) is 12.2 Å². The molecular formula is C13H19N3O2. The molecule has 1 aromatic rings. The van der Waals surface area contributed by atoms with Crippen LogP contribution >= 0.6 is 0 Å². The highest BCUT2D eigenvalue weighted by Gasteiger charge is 2.14. The van der Waals surface area contributed by atoms with Gasteiger partial charge in [0.2, 0.25) is 5.91 Å². The molecule has 0 aliphatic carbocycles. The number of nitrogens with one attached hydrogen (secondary N) is 2. The van der Waals surface area contributed by atoms with Gasteiger partial charge in [0, 0.05) is 26.2 Å². The van der Waals surface area contributed by atoms with E-state index in [2.05, 4.69) is 15.5 Å². The predicted octanol–water partition coefficient (Wildman–Crippen LogP) is 0.544. The Morgan fingerprint density at radius 2 is 2.17 bits per heavy atom. The fourth-order valence-corrected chi connectivity index (χ4v) is 2.01. The standard InChI is InChI=1S/C13H19N3O2/c1-10-2-3-12(17)11(8-10)15-13(18)9-16-6-4-14-5-7-16/h2-3,8,14,17H,4-7,9H2,1H3,(H,15,18). The van der Waals surface area contributed by atoms with E-state index in [1.165, 1.54) is 0 Å². The zero-order chi connectivity index (χ0) is 13.0. The fourth-order valence-electron chi connectivity index (χ4n) is 2.01. The number of phenolic OH excluding ortho intramolecular Hbond substituents is 1. The molecule has 0 unspecified atom stereocenters. The van der Waals surface area contributed by atoms with Crippen LogP contribution in [0.15, 0.2) is 18.2 Å². The van der Waals surface area contributed by atoms with Crippen LogP contribution in [0.25, 0.3) is 0 Å². The molecule has 1 aliphatic rings. The molecule has 0 saturated carbocycles. The maximum absolute atomic E-state index is 11.9. The lowest BCUT2D eigenvalue weighted by Gasteiger charge is -2.26. The van der Waals surface area contributed by atoms with Crippen LogP contribution in [0.4, 0.5) is 5.69 Å². The molecular weight excluding hydrogens is 230 g/mol. The molecule has 1 aromatic carbocycles. The van der Waals surface area contributed by atoms with Crippen LogP contribution in [0.5, 0.6) is 5.75 Å². The molecule has 2 rings (SSSR count). The zero-order valence-corrected chi connectivity index (χ0v) is 10.6. The summed E-state index contributed by atoms with van der Waals surface area (Å²) in [4.78, 5) is 14.0. The molecule has 1 heterocycles. The van der Waals surface area contributed by atoms with Gasteiger partial charge in [0.1, 0.15) is 5.75 Å². The zero-order valence-electron chi connectivity index (χ0n) is 10.6. The molecule has 0 spiro atoms. The number of anilines is 1. The van der Waals surface area contributed by atoms with E-state index in [4.69, 9.17) is 0 Å². The van der Waals surface area contributed by atoms with E-state index >= 15 is 0 Å². The third-order valence-electron chi connectivity index (χ3n) is 3.00. The summed E-state index contributed by atoms with van der Waals surface area (Å²) in [5.41, 5.74) is 1.49. The van der Waals surface area contributed by atoms with Crippen LogP contribution in [0.2, 0.25) is 0 Å². The third-order valence-corrected chi connectivity index (χ3v) is 3.00. The van der Waals surface area contributed by atoms with E-state index in [9.17, 15) is 9.90 Å². The van der Waals surface area contributed by atoms with Crippen molar-refractivity contribution in [1.82, 2.24) is 10.2 Å². The number of rotatable bonds is 3. The van der Waals surface area contributed by atoms with Crippen molar-refractivity contribution in [2.75, 3.05) is 38.0 Å². The number of amides is 1. The first-order chi connectivity index (χ1) is 8.65. The van der Waals surface area contributed by atoms with Gasteiger partial charge in [-0.25, -0.2) is 0 Å². The van der Waals surface area contributed by atoms with Crippen molar-refractivity contribution in [3.8, 4) is 5.75 Å².